The second-order valence-corrected chi connectivity index (χ2v) is 7.65. The summed E-state index contributed by atoms with van der Waals surface area (Å²) < 4.78 is 6.04. The van der Waals surface area contributed by atoms with Gasteiger partial charge in [-0.05, 0) is 59.0 Å². The van der Waals surface area contributed by atoms with Crippen molar-refractivity contribution in [2.24, 2.45) is 0 Å². The second kappa shape index (κ2) is 7.32. The number of hydrogen-bond acceptors (Lipinski definition) is 6. The summed E-state index contributed by atoms with van der Waals surface area (Å²) in [4.78, 5) is 8.46. The highest BCUT2D eigenvalue weighted by molar-refractivity contribution is 9.10. The van der Waals surface area contributed by atoms with Crippen molar-refractivity contribution in [3.63, 3.8) is 0 Å². The van der Waals surface area contributed by atoms with E-state index in [1.807, 2.05) is 12.1 Å². The van der Waals surface area contributed by atoms with Gasteiger partial charge in [0.25, 0.3) is 0 Å². The molecule has 1 unspecified atom stereocenters. The lowest BCUT2D eigenvalue weighted by Crippen LogP contribution is -2.20. The van der Waals surface area contributed by atoms with Crippen molar-refractivity contribution in [2.45, 2.75) is 25.3 Å². The number of pyridine rings is 1. The maximum absolute atomic E-state index is 8.34. The Kier molecular flexibility index (Phi) is 4.88. The van der Waals surface area contributed by atoms with E-state index in [1.165, 1.54) is 12.6 Å². The third kappa shape index (κ3) is 3.44. The van der Waals surface area contributed by atoms with Crippen molar-refractivity contribution in [3.05, 3.63) is 69.1 Å². The van der Waals surface area contributed by atoms with Crippen LogP contribution in [0.2, 0.25) is 5.02 Å². The van der Waals surface area contributed by atoms with Gasteiger partial charge in [0, 0.05) is 23.1 Å². The molecule has 1 aliphatic rings. The van der Waals surface area contributed by atoms with E-state index in [9.17, 15) is 0 Å². The van der Waals surface area contributed by atoms with Crippen LogP contribution >= 0.6 is 27.5 Å². The smallest absolute Gasteiger partial charge is 0.181 e. The Bertz CT molecular complexity index is 1010. The van der Waals surface area contributed by atoms with Crippen molar-refractivity contribution in [1.82, 2.24) is 9.97 Å². The molecule has 8 heteroatoms. The molecule has 0 saturated heterocycles. The lowest BCUT2D eigenvalue weighted by Gasteiger charge is -2.27. The first-order valence-corrected chi connectivity index (χ1v) is 9.68. The van der Waals surface area contributed by atoms with Gasteiger partial charge in [-0.1, -0.05) is 11.6 Å². The van der Waals surface area contributed by atoms with Crippen LogP contribution in [0.25, 0.3) is 0 Å². The van der Waals surface area contributed by atoms with Gasteiger partial charge in [-0.25, -0.2) is 4.98 Å². The topological polar surface area (TPSA) is 101 Å². The standard InChI is InChI=1S/C19H17BrClN5O/c20-13-7-25-19-11(17(13)21)2-1-3-15(19)26-10-4-5-14(22)12(6-10)18(23)16-8-24-9-27-16/h4-9,15,23,26H,1-3,22H2. The number of fused-ring (bicyclic) bond motifs is 1. The molecule has 138 valence electrons. The van der Waals surface area contributed by atoms with Gasteiger partial charge < -0.3 is 15.5 Å². The van der Waals surface area contributed by atoms with Crippen molar-refractivity contribution >= 4 is 44.6 Å². The number of hydrogen-bond donors (Lipinski definition) is 3. The molecule has 0 amide bonds. The van der Waals surface area contributed by atoms with E-state index in [4.69, 9.17) is 27.2 Å². The summed E-state index contributed by atoms with van der Waals surface area (Å²) in [5, 5.41) is 12.6. The van der Waals surface area contributed by atoms with Crippen LogP contribution in [0.3, 0.4) is 0 Å². The predicted octanol–water partition coefficient (Wildman–Crippen LogP) is 4.97. The monoisotopic (exact) mass is 445 g/mol. The maximum Gasteiger partial charge on any atom is 0.181 e. The SMILES string of the molecule is N=C(c1cnco1)c1cc(NC2CCCc3c2ncc(Br)c3Cl)ccc1N. The highest BCUT2D eigenvalue weighted by Crippen LogP contribution is 2.38. The number of aromatic nitrogens is 2. The fourth-order valence-electron chi connectivity index (χ4n) is 3.35. The number of anilines is 2. The third-order valence-corrected chi connectivity index (χ3v) is 5.95. The van der Waals surface area contributed by atoms with E-state index >= 15 is 0 Å². The molecule has 0 radical (unpaired) electrons. The van der Waals surface area contributed by atoms with Gasteiger partial charge in [0.05, 0.1) is 27.4 Å². The maximum atomic E-state index is 8.34. The van der Waals surface area contributed by atoms with Gasteiger partial charge in [0.15, 0.2) is 12.2 Å². The Morgan fingerprint density at radius 1 is 1.37 bits per heavy atom. The number of rotatable bonds is 4. The summed E-state index contributed by atoms with van der Waals surface area (Å²) in [6, 6.07) is 5.60. The van der Waals surface area contributed by atoms with Gasteiger partial charge >= 0.3 is 0 Å². The fourth-order valence-corrected chi connectivity index (χ4v) is 3.93. The summed E-state index contributed by atoms with van der Waals surface area (Å²) in [5.74, 6) is 0.375. The zero-order valence-electron chi connectivity index (χ0n) is 14.3. The molecule has 4 N–H and O–H groups in total. The molecule has 2 aromatic heterocycles. The Morgan fingerprint density at radius 2 is 2.22 bits per heavy atom. The third-order valence-electron chi connectivity index (χ3n) is 4.69. The number of nitrogens with zero attached hydrogens (tertiary/aromatic N) is 2. The van der Waals surface area contributed by atoms with E-state index in [2.05, 4.69) is 31.2 Å². The number of nitrogens with two attached hydrogens (primary N) is 1. The van der Waals surface area contributed by atoms with Crippen molar-refractivity contribution in [2.75, 3.05) is 11.1 Å². The molecule has 0 spiro atoms. The molecule has 0 bridgehead atoms. The first-order chi connectivity index (χ1) is 13.0. The van der Waals surface area contributed by atoms with Gasteiger partial charge in [0.1, 0.15) is 5.71 Å². The van der Waals surface area contributed by atoms with Crippen molar-refractivity contribution in [1.29, 1.82) is 5.41 Å². The highest BCUT2D eigenvalue weighted by Gasteiger charge is 2.25. The molecule has 2 heterocycles. The number of halogens is 2. The van der Waals surface area contributed by atoms with Crippen LogP contribution in [0.15, 0.2) is 45.9 Å². The van der Waals surface area contributed by atoms with Crippen LogP contribution in [0, 0.1) is 5.41 Å². The predicted molar refractivity (Wildman–Crippen MR) is 110 cm³/mol. The number of nitrogen functional groups attached to an aromatic ring is 1. The normalized spacial score (nSPS) is 16.0. The molecular weight excluding hydrogens is 430 g/mol. The number of nitrogens with one attached hydrogen (secondary N) is 2. The van der Waals surface area contributed by atoms with Gasteiger partial charge in [0.2, 0.25) is 0 Å². The second-order valence-electron chi connectivity index (χ2n) is 6.42. The molecule has 1 atom stereocenters. The van der Waals surface area contributed by atoms with Gasteiger partial charge in [-0.15, -0.1) is 0 Å². The molecule has 27 heavy (non-hydrogen) atoms. The summed E-state index contributed by atoms with van der Waals surface area (Å²) in [5.41, 5.74) is 10.3. The zero-order chi connectivity index (χ0) is 19.0. The Balaban J connectivity index is 1.64. The lowest BCUT2D eigenvalue weighted by molar-refractivity contribution is 0.548. The molecule has 1 aromatic carbocycles. The van der Waals surface area contributed by atoms with Crippen LogP contribution < -0.4 is 11.1 Å². The summed E-state index contributed by atoms with van der Waals surface area (Å²) >= 11 is 9.90. The summed E-state index contributed by atoms with van der Waals surface area (Å²) in [6.07, 6.45) is 7.45. The van der Waals surface area contributed by atoms with Crippen LogP contribution in [0.4, 0.5) is 11.4 Å². The molecular formula is C19H17BrClN5O. The largest absolute Gasteiger partial charge is 0.442 e. The van der Waals surface area contributed by atoms with Crippen LogP contribution in [0.5, 0.6) is 0 Å². The Labute approximate surface area is 169 Å². The minimum Gasteiger partial charge on any atom is -0.442 e. The minimum absolute atomic E-state index is 0.0512. The van der Waals surface area contributed by atoms with E-state index in [0.717, 1.165) is 45.7 Å². The van der Waals surface area contributed by atoms with Crippen LogP contribution in [-0.2, 0) is 6.42 Å². The lowest BCUT2D eigenvalue weighted by atomic mass is 9.91. The van der Waals surface area contributed by atoms with Crippen LogP contribution in [-0.4, -0.2) is 15.7 Å². The highest BCUT2D eigenvalue weighted by atomic mass is 79.9. The zero-order valence-corrected chi connectivity index (χ0v) is 16.6. The molecule has 4 rings (SSSR count). The Morgan fingerprint density at radius 3 is 3.00 bits per heavy atom. The quantitative estimate of drug-likeness (QED) is 0.388. The minimum atomic E-state index is 0.0512. The molecule has 1 aliphatic carbocycles. The molecule has 0 aliphatic heterocycles. The average molecular weight is 447 g/mol. The first-order valence-electron chi connectivity index (χ1n) is 8.51. The molecule has 0 saturated carbocycles. The fraction of sp³-hybridized carbons (Fsp3) is 0.211. The molecule has 0 fully saturated rings. The summed E-state index contributed by atoms with van der Waals surface area (Å²) in [6.45, 7) is 0. The number of oxazole rings is 1. The van der Waals surface area contributed by atoms with Gasteiger partial charge in [-0.2, -0.15) is 0 Å². The Hall–Kier alpha value is -2.38. The van der Waals surface area contributed by atoms with Crippen molar-refractivity contribution < 1.29 is 4.42 Å². The first kappa shape index (κ1) is 18.0. The van der Waals surface area contributed by atoms with Crippen LogP contribution in [0.1, 0.15) is 41.5 Å². The van der Waals surface area contributed by atoms with E-state index < -0.39 is 0 Å². The number of benzene rings is 1. The van der Waals surface area contributed by atoms with E-state index in [0.29, 0.717) is 17.0 Å². The van der Waals surface area contributed by atoms with E-state index in [1.54, 1.807) is 12.3 Å². The van der Waals surface area contributed by atoms with Gasteiger partial charge in [-0.3, -0.25) is 10.4 Å². The van der Waals surface area contributed by atoms with E-state index in [-0.39, 0.29) is 11.8 Å². The van der Waals surface area contributed by atoms with Crippen molar-refractivity contribution in [3.8, 4) is 0 Å². The average Bonchev–Trinajstić information content (AvgIpc) is 3.21. The molecule has 6 nitrogen and oxygen atoms in total. The summed E-state index contributed by atoms with van der Waals surface area (Å²) in [7, 11) is 0. The molecule has 3 aromatic rings.